The molecule has 3 aromatic carbocycles. The standard InChI is InChI=1S/C32H36N4O2/c1-34(2)25-17-13-22(14-18-25)21-24-9-8-11-28-30(24)33-36(32(37)27-10-6-7-12-29(27)38-5)31(28)23-15-19-26(20-16-23)35(3)4/h6-7,10,12-21,28,31H,8-9,11H2,1-5H3/b24-21+/t28-,31+/m1/s1. The second-order valence-corrected chi connectivity index (χ2v) is 10.4. The maximum atomic E-state index is 14.0. The quantitative estimate of drug-likeness (QED) is 0.394. The van der Waals surface area contributed by atoms with Crippen LogP contribution >= 0.6 is 0 Å². The number of allylic oxidation sites excluding steroid dienone is 1. The zero-order valence-corrected chi connectivity index (χ0v) is 22.9. The average Bonchev–Trinajstić information content (AvgIpc) is 3.33. The molecule has 1 amide bonds. The fraction of sp³-hybridized carbons (Fsp3) is 0.312. The molecule has 6 nitrogen and oxygen atoms in total. The van der Waals surface area contributed by atoms with Gasteiger partial charge in [0.15, 0.2) is 0 Å². The van der Waals surface area contributed by atoms with Gasteiger partial charge in [0.2, 0.25) is 0 Å². The van der Waals surface area contributed by atoms with E-state index < -0.39 is 0 Å². The first kappa shape index (κ1) is 25.6. The second kappa shape index (κ2) is 10.7. The number of amides is 1. The second-order valence-electron chi connectivity index (χ2n) is 10.4. The van der Waals surface area contributed by atoms with Crippen molar-refractivity contribution in [3.05, 3.63) is 95.1 Å². The van der Waals surface area contributed by atoms with E-state index in [9.17, 15) is 4.79 Å². The van der Waals surface area contributed by atoms with Crippen LogP contribution in [0.15, 0.2) is 83.5 Å². The number of methoxy groups -OCH3 is 1. The Kier molecular flexibility index (Phi) is 7.23. The molecule has 1 aliphatic heterocycles. The first-order chi connectivity index (χ1) is 18.4. The van der Waals surface area contributed by atoms with Crippen LogP contribution in [-0.4, -0.2) is 51.9 Å². The van der Waals surface area contributed by atoms with Gasteiger partial charge in [0.05, 0.1) is 24.4 Å². The number of anilines is 2. The Labute approximate surface area is 225 Å². The van der Waals surface area contributed by atoms with Gasteiger partial charge < -0.3 is 14.5 Å². The van der Waals surface area contributed by atoms with E-state index >= 15 is 0 Å². The van der Waals surface area contributed by atoms with Gasteiger partial charge in [-0.25, -0.2) is 5.01 Å². The molecule has 0 radical (unpaired) electrons. The maximum absolute atomic E-state index is 14.0. The van der Waals surface area contributed by atoms with Crippen LogP contribution in [0.5, 0.6) is 5.75 Å². The van der Waals surface area contributed by atoms with Gasteiger partial charge in [-0.2, -0.15) is 5.10 Å². The zero-order valence-electron chi connectivity index (χ0n) is 22.9. The number of hydrogen-bond acceptors (Lipinski definition) is 5. The third kappa shape index (κ3) is 4.91. The summed E-state index contributed by atoms with van der Waals surface area (Å²) in [6, 6.07) is 24.3. The summed E-state index contributed by atoms with van der Waals surface area (Å²) in [5.41, 5.74) is 7.30. The van der Waals surface area contributed by atoms with Crippen molar-refractivity contribution in [2.24, 2.45) is 11.0 Å². The SMILES string of the molecule is COc1ccccc1C(=O)N1N=C2/C(=C/c3ccc(N(C)C)cc3)CCC[C@H]2[C@@H]1c1ccc(N(C)C)cc1. The minimum absolute atomic E-state index is 0.138. The molecule has 5 rings (SSSR count). The lowest BCUT2D eigenvalue weighted by atomic mass is 9.77. The number of hydrazone groups is 1. The minimum Gasteiger partial charge on any atom is -0.496 e. The Balaban J connectivity index is 1.56. The highest BCUT2D eigenvalue weighted by atomic mass is 16.5. The summed E-state index contributed by atoms with van der Waals surface area (Å²) in [5, 5.41) is 6.76. The van der Waals surface area contributed by atoms with Crippen LogP contribution < -0.4 is 14.5 Å². The highest BCUT2D eigenvalue weighted by Gasteiger charge is 2.44. The van der Waals surface area contributed by atoms with E-state index in [2.05, 4.69) is 64.4 Å². The van der Waals surface area contributed by atoms with Crippen molar-refractivity contribution in [1.82, 2.24) is 5.01 Å². The van der Waals surface area contributed by atoms with Gasteiger partial charge in [-0.1, -0.05) is 36.4 Å². The molecular weight excluding hydrogens is 472 g/mol. The largest absolute Gasteiger partial charge is 0.496 e. The third-order valence-electron chi connectivity index (χ3n) is 7.55. The van der Waals surface area contributed by atoms with Crippen molar-refractivity contribution < 1.29 is 9.53 Å². The van der Waals surface area contributed by atoms with Crippen molar-refractivity contribution in [2.75, 3.05) is 45.1 Å². The number of fused-ring (bicyclic) bond motifs is 1. The van der Waals surface area contributed by atoms with Gasteiger partial charge in [-0.15, -0.1) is 0 Å². The maximum Gasteiger partial charge on any atom is 0.278 e. The van der Waals surface area contributed by atoms with Crippen molar-refractivity contribution in [3.8, 4) is 5.75 Å². The topological polar surface area (TPSA) is 48.4 Å². The molecule has 3 aromatic rings. The summed E-state index contributed by atoms with van der Waals surface area (Å²) in [6.45, 7) is 0. The Hall–Kier alpha value is -4.06. The summed E-state index contributed by atoms with van der Waals surface area (Å²) in [4.78, 5) is 18.2. The molecule has 196 valence electrons. The summed E-state index contributed by atoms with van der Waals surface area (Å²) in [7, 11) is 9.76. The van der Waals surface area contributed by atoms with Crippen LogP contribution in [0.25, 0.3) is 6.08 Å². The lowest BCUT2D eigenvalue weighted by Gasteiger charge is -2.30. The predicted molar refractivity (Wildman–Crippen MR) is 156 cm³/mol. The normalized spacial score (nSPS) is 19.7. The number of ether oxygens (including phenoxy) is 1. The van der Waals surface area contributed by atoms with Crippen LogP contribution in [0.1, 0.15) is 46.8 Å². The molecule has 1 aliphatic carbocycles. The molecule has 0 unspecified atom stereocenters. The van der Waals surface area contributed by atoms with Gasteiger partial charge in [-0.3, -0.25) is 4.79 Å². The van der Waals surface area contributed by atoms with E-state index in [1.165, 1.54) is 11.3 Å². The van der Waals surface area contributed by atoms with E-state index in [0.717, 1.165) is 41.8 Å². The monoisotopic (exact) mass is 508 g/mol. The highest BCUT2D eigenvalue weighted by Crippen LogP contribution is 2.45. The fourth-order valence-electron chi connectivity index (χ4n) is 5.49. The van der Waals surface area contributed by atoms with Crippen LogP contribution in [0, 0.1) is 5.92 Å². The molecule has 0 aromatic heterocycles. The van der Waals surface area contributed by atoms with Crippen molar-refractivity contribution in [2.45, 2.75) is 25.3 Å². The molecule has 1 heterocycles. The van der Waals surface area contributed by atoms with Gasteiger partial charge >= 0.3 is 0 Å². The summed E-state index contributed by atoms with van der Waals surface area (Å²) >= 11 is 0. The molecule has 1 fully saturated rings. The number of para-hydroxylation sites is 1. The Morgan fingerprint density at radius 2 is 1.55 bits per heavy atom. The van der Waals surface area contributed by atoms with Crippen molar-refractivity contribution in [3.63, 3.8) is 0 Å². The van der Waals surface area contributed by atoms with E-state index in [-0.39, 0.29) is 17.9 Å². The highest BCUT2D eigenvalue weighted by molar-refractivity contribution is 6.09. The van der Waals surface area contributed by atoms with Crippen LogP contribution in [0.3, 0.4) is 0 Å². The van der Waals surface area contributed by atoms with E-state index in [4.69, 9.17) is 9.84 Å². The number of carbonyl (C=O) groups excluding carboxylic acids is 1. The van der Waals surface area contributed by atoms with Gasteiger partial charge in [0, 0.05) is 45.5 Å². The molecule has 1 saturated carbocycles. The molecule has 2 aliphatic rings. The molecule has 6 heteroatoms. The number of benzene rings is 3. The Bertz CT molecular complexity index is 1360. The number of rotatable bonds is 6. The van der Waals surface area contributed by atoms with Crippen LogP contribution in [0.4, 0.5) is 11.4 Å². The number of carbonyl (C=O) groups is 1. The van der Waals surface area contributed by atoms with E-state index in [1.54, 1.807) is 12.1 Å². The van der Waals surface area contributed by atoms with Crippen LogP contribution in [0.2, 0.25) is 0 Å². The Morgan fingerprint density at radius 1 is 0.921 bits per heavy atom. The summed E-state index contributed by atoms with van der Waals surface area (Å²) in [6.07, 6.45) is 5.25. The molecule has 0 spiro atoms. The minimum atomic E-state index is -0.168. The summed E-state index contributed by atoms with van der Waals surface area (Å²) < 4.78 is 5.54. The number of hydrogen-bond donors (Lipinski definition) is 0. The van der Waals surface area contributed by atoms with Gasteiger partial charge in [0.25, 0.3) is 5.91 Å². The number of nitrogens with zero attached hydrogens (tertiary/aromatic N) is 4. The average molecular weight is 509 g/mol. The van der Waals surface area contributed by atoms with Gasteiger partial charge in [-0.05, 0) is 78.4 Å². The molecule has 0 saturated heterocycles. The fourth-order valence-corrected chi connectivity index (χ4v) is 5.49. The first-order valence-electron chi connectivity index (χ1n) is 13.2. The zero-order chi connectivity index (χ0) is 26.8. The molecular formula is C32H36N4O2. The molecule has 38 heavy (non-hydrogen) atoms. The smallest absolute Gasteiger partial charge is 0.278 e. The predicted octanol–water partition coefficient (Wildman–Crippen LogP) is 6.26. The Morgan fingerprint density at radius 3 is 2.18 bits per heavy atom. The summed E-state index contributed by atoms with van der Waals surface area (Å²) in [5.74, 6) is 0.562. The lowest BCUT2D eigenvalue weighted by molar-refractivity contribution is 0.0677. The van der Waals surface area contributed by atoms with Gasteiger partial charge in [0.1, 0.15) is 5.75 Å². The van der Waals surface area contributed by atoms with E-state index in [1.807, 2.05) is 52.5 Å². The van der Waals surface area contributed by atoms with Crippen molar-refractivity contribution >= 4 is 29.1 Å². The van der Waals surface area contributed by atoms with E-state index in [0.29, 0.717) is 11.3 Å². The van der Waals surface area contributed by atoms with Crippen LogP contribution in [-0.2, 0) is 0 Å². The lowest BCUT2D eigenvalue weighted by Crippen LogP contribution is -2.32. The third-order valence-corrected chi connectivity index (χ3v) is 7.55. The molecule has 0 bridgehead atoms. The molecule has 0 N–H and O–H groups in total. The molecule has 2 atom stereocenters. The van der Waals surface area contributed by atoms with Crippen molar-refractivity contribution in [1.29, 1.82) is 0 Å². The first-order valence-corrected chi connectivity index (χ1v) is 13.2.